The van der Waals surface area contributed by atoms with Crippen molar-refractivity contribution < 1.29 is 23.9 Å². The fourth-order valence-corrected chi connectivity index (χ4v) is 2.16. The van der Waals surface area contributed by atoms with Gasteiger partial charge >= 0.3 is 6.03 Å². The minimum atomic E-state index is -0.752. The molecule has 112 valence electrons. The molecule has 0 aliphatic carbocycles. The lowest BCUT2D eigenvalue weighted by molar-refractivity contribution is -0.129. The number of barbiturate groups is 1. The number of hydrogen-bond donors (Lipinski definition) is 1. The number of imide groups is 2. The van der Waals surface area contributed by atoms with Crippen LogP contribution in [0.15, 0.2) is 36.4 Å². The first-order valence-corrected chi connectivity index (χ1v) is 6.49. The third-order valence-electron chi connectivity index (χ3n) is 3.21. The Bertz CT molecular complexity index is 723. The molecule has 1 aromatic rings. The third-order valence-corrected chi connectivity index (χ3v) is 3.21. The van der Waals surface area contributed by atoms with Crippen LogP contribution in [-0.2, 0) is 9.59 Å². The van der Waals surface area contributed by atoms with Gasteiger partial charge in [-0.05, 0) is 23.8 Å². The molecule has 1 aromatic carbocycles. The predicted octanol–water partition coefficient (Wildman–Crippen LogP) is 1.06. The Morgan fingerprint density at radius 2 is 2.00 bits per heavy atom. The van der Waals surface area contributed by atoms with Gasteiger partial charge in [0.2, 0.25) is 6.79 Å². The molecule has 0 spiro atoms. The number of carbonyl (C=O) groups excluding carboxylic acids is 3. The van der Waals surface area contributed by atoms with Crippen LogP contribution in [0.2, 0.25) is 0 Å². The minimum Gasteiger partial charge on any atom is -0.454 e. The molecular weight excluding hydrogens is 288 g/mol. The van der Waals surface area contributed by atoms with E-state index < -0.39 is 17.8 Å². The lowest BCUT2D eigenvalue weighted by Gasteiger charge is -2.25. The summed E-state index contributed by atoms with van der Waals surface area (Å²) in [6.45, 7) is 3.64. The second-order valence-electron chi connectivity index (χ2n) is 4.63. The van der Waals surface area contributed by atoms with E-state index in [0.717, 1.165) is 4.90 Å². The first kappa shape index (κ1) is 13.9. The summed E-state index contributed by atoms with van der Waals surface area (Å²) >= 11 is 0. The van der Waals surface area contributed by atoms with Gasteiger partial charge in [-0.25, -0.2) is 4.79 Å². The molecule has 2 aliphatic heterocycles. The predicted molar refractivity (Wildman–Crippen MR) is 76.0 cm³/mol. The molecule has 0 aromatic heterocycles. The smallest absolute Gasteiger partial charge is 0.331 e. The van der Waals surface area contributed by atoms with Crippen LogP contribution in [0.4, 0.5) is 4.79 Å². The average molecular weight is 300 g/mol. The molecule has 3 rings (SSSR count). The number of hydrogen-bond acceptors (Lipinski definition) is 5. The van der Waals surface area contributed by atoms with Gasteiger partial charge in [0, 0.05) is 6.54 Å². The summed E-state index contributed by atoms with van der Waals surface area (Å²) in [4.78, 5) is 36.6. The summed E-state index contributed by atoms with van der Waals surface area (Å²) in [7, 11) is 0. The van der Waals surface area contributed by atoms with Crippen LogP contribution in [0.5, 0.6) is 11.5 Å². The number of fused-ring (bicyclic) bond motifs is 1. The van der Waals surface area contributed by atoms with Crippen molar-refractivity contribution in [2.45, 2.75) is 0 Å². The van der Waals surface area contributed by atoms with Crippen molar-refractivity contribution in [1.82, 2.24) is 10.2 Å². The van der Waals surface area contributed by atoms with E-state index in [9.17, 15) is 14.4 Å². The van der Waals surface area contributed by atoms with Crippen molar-refractivity contribution in [3.63, 3.8) is 0 Å². The van der Waals surface area contributed by atoms with Crippen LogP contribution in [0.1, 0.15) is 5.56 Å². The van der Waals surface area contributed by atoms with Crippen LogP contribution >= 0.6 is 0 Å². The normalized spacial score (nSPS) is 18.6. The molecule has 2 aliphatic rings. The number of nitrogens with zero attached hydrogens (tertiary/aromatic N) is 1. The van der Waals surface area contributed by atoms with Gasteiger partial charge in [-0.3, -0.25) is 19.8 Å². The summed E-state index contributed by atoms with van der Waals surface area (Å²) < 4.78 is 10.4. The Hall–Kier alpha value is -3.09. The molecule has 0 radical (unpaired) electrons. The summed E-state index contributed by atoms with van der Waals surface area (Å²) in [5.74, 6) is -0.249. The highest BCUT2D eigenvalue weighted by Gasteiger charge is 2.34. The molecule has 2 heterocycles. The van der Waals surface area contributed by atoms with Gasteiger partial charge in [0.05, 0.1) is 0 Å². The van der Waals surface area contributed by atoms with E-state index in [1.807, 2.05) is 0 Å². The Balaban J connectivity index is 1.94. The van der Waals surface area contributed by atoms with E-state index in [0.29, 0.717) is 17.1 Å². The zero-order chi connectivity index (χ0) is 15.7. The maximum Gasteiger partial charge on any atom is 0.331 e. The van der Waals surface area contributed by atoms with Crippen LogP contribution in [0, 0.1) is 0 Å². The Morgan fingerprint density at radius 1 is 1.23 bits per heavy atom. The molecule has 1 fully saturated rings. The van der Waals surface area contributed by atoms with Crippen molar-refractivity contribution in [3.8, 4) is 11.5 Å². The maximum absolute atomic E-state index is 12.2. The fraction of sp³-hybridized carbons (Fsp3) is 0.133. The van der Waals surface area contributed by atoms with E-state index in [-0.39, 0.29) is 18.9 Å². The van der Waals surface area contributed by atoms with Gasteiger partial charge in [-0.1, -0.05) is 12.1 Å². The van der Waals surface area contributed by atoms with Crippen LogP contribution in [0.3, 0.4) is 0 Å². The van der Waals surface area contributed by atoms with Crippen molar-refractivity contribution in [2.24, 2.45) is 0 Å². The first-order valence-electron chi connectivity index (χ1n) is 6.49. The van der Waals surface area contributed by atoms with E-state index in [1.165, 1.54) is 12.2 Å². The minimum absolute atomic E-state index is 0.0242. The van der Waals surface area contributed by atoms with E-state index >= 15 is 0 Å². The molecule has 1 saturated heterocycles. The number of rotatable bonds is 3. The van der Waals surface area contributed by atoms with Crippen molar-refractivity contribution in [3.05, 3.63) is 42.0 Å². The lowest BCUT2D eigenvalue weighted by atomic mass is 10.1. The molecule has 7 heteroatoms. The van der Waals surface area contributed by atoms with Gasteiger partial charge in [0.15, 0.2) is 11.5 Å². The average Bonchev–Trinajstić information content (AvgIpc) is 2.95. The molecule has 22 heavy (non-hydrogen) atoms. The first-order chi connectivity index (χ1) is 10.6. The summed E-state index contributed by atoms with van der Waals surface area (Å²) in [6, 6.07) is 4.28. The SMILES string of the molecule is C=CCN1C(=O)NC(=O)C(=Cc2ccc3c(c2)OCO3)C1=O. The number of nitrogens with one attached hydrogen (secondary N) is 1. The van der Waals surface area contributed by atoms with Gasteiger partial charge in [-0.15, -0.1) is 6.58 Å². The number of urea groups is 1. The molecule has 1 N–H and O–H groups in total. The highest BCUT2D eigenvalue weighted by molar-refractivity contribution is 6.31. The maximum atomic E-state index is 12.2. The summed E-state index contributed by atoms with van der Waals surface area (Å²) in [6.07, 6.45) is 2.81. The Morgan fingerprint density at radius 3 is 2.77 bits per heavy atom. The highest BCUT2D eigenvalue weighted by atomic mass is 16.7. The van der Waals surface area contributed by atoms with Gasteiger partial charge in [0.25, 0.3) is 11.8 Å². The number of benzene rings is 1. The van der Waals surface area contributed by atoms with Crippen LogP contribution in [-0.4, -0.2) is 36.1 Å². The van der Waals surface area contributed by atoms with Crippen LogP contribution < -0.4 is 14.8 Å². The zero-order valence-electron chi connectivity index (χ0n) is 11.5. The number of carbonyl (C=O) groups is 3. The standard InChI is InChI=1S/C15H12N2O5/c1-2-5-17-14(19)10(13(18)16-15(17)20)6-9-3-4-11-12(7-9)22-8-21-11/h2-4,6-7H,1,5,8H2,(H,16,18,20). The third kappa shape index (κ3) is 2.32. The molecule has 4 amide bonds. The highest BCUT2D eigenvalue weighted by Crippen LogP contribution is 2.33. The Labute approximate surface area is 125 Å². The topological polar surface area (TPSA) is 84.9 Å². The number of ether oxygens (including phenoxy) is 2. The van der Waals surface area contributed by atoms with Crippen LogP contribution in [0.25, 0.3) is 6.08 Å². The lowest BCUT2D eigenvalue weighted by Crippen LogP contribution is -2.54. The van der Waals surface area contributed by atoms with Crippen molar-refractivity contribution >= 4 is 23.9 Å². The molecule has 7 nitrogen and oxygen atoms in total. The summed E-state index contributed by atoms with van der Waals surface area (Å²) in [5, 5.41) is 2.12. The van der Waals surface area contributed by atoms with Crippen molar-refractivity contribution in [2.75, 3.05) is 13.3 Å². The largest absolute Gasteiger partial charge is 0.454 e. The van der Waals surface area contributed by atoms with Gasteiger partial charge < -0.3 is 9.47 Å². The van der Waals surface area contributed by atoms with Gasteiger partial charge in [0.1, 0.15) is 5.57 Å². The quantitative estimate of drug-likeness (QED) is 0.512. The molecule has 0 unspecified atom stereocenters. The number of amides is 4. The molecule has 0 atom stereocenters. The summed E-state index contributed by atoms with van der Waals surface area (Å²) in [5.41, 5.74) is 0.468. The van der Waals surface area contributed by atoms with E-state index in [4.69, 9.17) is 9.47 Å². The van der Waals surface area contributed by atoms with Crippen molar-refractivity contribution in [1.29, 1.82) is 0 Å². The van der Waals surface area contributed by atoms with E-state index in [1.54, 1.807) is 18.2 Å². The molecular formula is C15H12N2O5. The second kappa shape index (κ2) is 5.36. The van der Waals surface area contributed by atoms with E-state index in [2.05, 4.69) is 11.9 Å². The molecule has 0 saturated carbocycles. The fourth-order valence-electron chi connectivity index (χ4n) is 2.16. The van der Waals surface area contributed by atoms with Gasteiger partial charge in [-0.2, -0.15) is 0 Å². The second-order valence-corrected chi connectivity index (χ2v) is 4.63. The Kier molecular flexibility index (Phi) is 3.38. The molecule has 0 bridgehead atoms. The monoisotopic (exact) mass is 300 g/mol. The zero-order valence-corrected chi connectivity index (χ0v) is 11.5.